The number of carbonyl (C=O) groups is 3. The second-order valence-corrected chi connectivity index (χ2v) is 8.80. The zero-order valence-electron chi connectivity index (χ0n) is 17.4. The average molecular weight is 398 g/mol. The minimum atomic E-state index is -0.265. The van der Waals surface area contributed by atoms with Gasteiger partial charge in [0, 0.05) is 45.9 Å². The molecule has 3 saturated heterocycles. The molecule has 3 amide bonds. The number of rotatable bonds is 2. The smallest absolute Gasteiger partial charge is 0.228 e. The molecule has 0 N–H and O–H groups in total. The van der Waals surface area contributed by atoms with Crippen molar-refractivity contribution < 1.29 is 14.4 Å². The molecule has 6 nitrogen and oxygen atoms in total. The third kappa shape index (κ3) is 3.77. The Morgan fingerprint density at radius 1 is 1.00 bits per heavy atom. The highest BCUT2D eigenvalue weighted by molar-refractivity contribution is 5.89. The second kappa shape index (κ2) is 8.17. The molecule has 0 aromatic heterocycles. The summed E-state index contributed by atoms with van der Waals surface area (Å²) in [7, 11) is 1.77. The number of hydrogen-bond acceptors (Lipinski definition) is 3. The number of likely N-dealkylation sites (tertiary alicyclic amines) is 3. The Kier molecular flexibility index (Phi) is 5.61. The van der Waals surface area contributed by atoms with Gasteiger partial charge in [-0.2, -0.15) is 0 Å². The molecule has 0 bridgehead atoms. The fraction of sp³-hybridized carbons (Fsp3) is 0.609. The van der Waals surface area contributed by atoms with Crippen LogP contribution in [0.5, 0.6) is 0 Å². The first kappa shape index (κ1) is 19.9. The first-order chi connectivity index (χ1) is 14.0. The Labute approximate surface area is 172 Å². The van der Waals surface area contributed by atoms with Crippen molar-refractivity contribution in [3.05, 3.63) is 35.9 Å². The summed E-state index contributed by atoms with van der Waals surface area (Å²) in [5.74, 6) is 0.0655. The molecule has 29 heavy (non-hydrogen) atoms. The molecule has 3 aliphatic rings. The molecule has 4 atom stereocenters. The van der Waals surface area contributed by atoms with Gasteiger partial charge in [0.1, 0.15) is 0 Å². The van der Waals surface area contributed by atoms with Crippen molar-refractivity contribution in [1.82, 2.24) is 14.7 Å². The second-order valence-electron chi connectivity index (χ2n) is 8.80. The molecule has 0 saturated carbocycles. The van der Waals surface area contributed by atoms with E-state index in [1.54, 1.807) is 18.9 Å². The molecule has 0 spiro atoms. The highest BCUT2D eigenvalue weighted by atomic mass is 16.2. The summed E-state index contributed by atoms with van der Waals surface area (Å²) in [4.78, 5) is 43.8. The van der Waals surface area contributed by atoms with Crippen molar-refractivity contribution in [1.29, 1.82) is 0 Å². The van der Waals surface area contributed by atoms with Gasteiger partial charge in [-0.05, 0) is 18.4 Å². The van der Waals surface area contributed by atoms with Gasteiger partial charge in [0.25, 0.3) is 0 Å². The fourth-order valence-corrected chi connectivity index (χ4v) is 5.51. The van der Waals surface area contributed by atoms with Crippen LogP contribution >= 0.6 is 0 Å². The largest absolute Gasteiger partial charge is 0.345 e. The van der Waals surface area contributed by atoms with Crippen LogP contribution in [0, 0.1) is 5.92 Å². The third-order valence-electron chi connectivity index (χ3n) is 6.96. The van der Waals surface area contributed by atoms with E-state index in [2.05, 4.69) is 12.1 Å². The minimum absolute atomic E-state index is 0.00832. The van der Waals surface area contributed by atoms with E-state index in [0.717, 1.165) is 32.2 Å². The predicted molar refractivity (Wildman–Crippen MR) is 110 cm³/mol. The molecule has 0 radical (unpaired) electrons. The topological polar surface area (TPSA) is 60.9 Å². The molecule has 6 heteroatoms. The number of nitrogens with zero attached hydrogens (tertiary/aromatic N) is 3. The molecule has 1 aromatic carbocycles. The maximum Gasteiger partial charge on any atom is 0.228 e. The summed E-state index contributed by atoms with van der Waals surface area (Å²) in [5, 5.41) is 0. The zero-order valence-corrected chi connectivity index (χ0v) is 17.4. The van der Waals surface area contributed by atoms with E-state index in [-0.39, 0.29) is 41.6 Å². The van der Waals surface area contributed by atoms with E-state index in [9.17, 15) is 14.4 Å². The van der Waals surface area contributed by atoms with Gasteiger partial charge in [-0.1, -0.05) is 43.2 Å². The van der Waals surface area contributed by atoms with E-state index in [4.69, 9.17) is 0 Å². The van der Waals surface area contributed by atoms with Crippen molar-refractivity contribution in [2.45, 2.75) is 57.0 Å². The Morgan fingerprint density at radius 3 is 2.41 bits per heavy atom. The lowest BCUT2D eigenvalue weighted by Gasteiger charge is -2.39. The van der Waals surface area contributed by atoms with Gasteiger partial charge in [0.15, 0.2) is 0 Å². The van der Waals surface area contributed by atoms with Crippen LogP contribution in [0.3, 0.4) is 0 Å². The molecule has 4 rings (SSSR count). The molecular formula is C23H31N3O3. The number of hydrogen-bond donors (Lipinski definition) is 0. The lowest BCUT2D eigenvalue weighted by atomic mass is 9.87. The van der Waals surface area contributed by atoms with E-state index >= 15 is 0 Å². The van der Waals surface area contributed by atoms with E-state index in [0.29, 0.717) is 19.5 Å². The highest BCUT2D eigenvalue weighted by Crippen LogP contribution is 2.40. The van der Waals surface area contributed by atoms with E-state index < -0.39 is 0 Å². The summed E-state index contributed by atoms with van der Waals surface area (Å²) in [5.41, 5.74) is 1.18. The van der Waals surface area contributed by atoms with E-state index in [1.807, 2.05) is 28.0 Å². The summed E-state index contributed by atoms with van der Waals surface area (Å²) in [6.45, 7) is 3.52. The molecule has 3 heterocycles. The average Bonchev–Trinajstić information content (AvgIpc) is 3.22. The first-order valence-corrected chi connectivity index (χ1v) is 10.8. The molecule has 0 aliphatic carbocycles. The van der Waals surface area contributed by atoms with Crippen LogP contribution in [0.2, 0.25) is 0 Å². The van der Waals surface area contributed by atoms with Crippen LogP contribution in [0.1, 0.15) is 50.5 Å². The van der Waals surface area contributed by atoms with Gasteiger partial charge in [0.05, 0.1) is 18.0 Å². The van der Waals surface area contributed by atoms with Crippen molar-refractivity contribution in [2.75, 3.05) is 26.7 Å². The van der Waals surface area contributed by atoms with Crippen LogP contribution in [0.25, 0.3) is 0 Å². The van der Waals surface area contributed by atoms with Crippen LogP contribution in [-0.4, -0.2) is 71.2 Å². The number of fused-ring (bicyclic) bond motifs is 1. The molecule has 1 aromatic rings. The Hall–Kier alpha value is -2.37. The number of amides is 3. The van der Waals surface area contributed by atoms with Crippen LogP contribution < -0.4 is 0 Å². The van der Waals surface area contributed by atoms with Gasteiger partial charge < -0.3 is 14.7 Å². The van der Waals surface area contributed by atoms with Gasteiger partial charge in [-0.15, -0.1) is 0 Å². The summed E-state index contributed by atoms with van der Waals surface area (Å²) in [6, 6.07) is 10.3. The first-order valence-electron chi connectivity index (χ1n) is 10.8. The monoisotopic (exact) mass is 397 g/mol. The Morgan fingerprint density at radius 2 is 1.76 bits per heavy atom. The van der Waals surface area contributed by atoms with Gasteiger partial charge >= 0.3 is 0 Å². The van der Waals surface area contributed by atoms with E-state index in [1.165, 1.54) is 5.56 Å². The standard InChI is InChI=1S/C23H31N3O3/c1-16(27)25-12-8-4-7-11-20-22(25)19(17-9-5-3-6-10-17)15-26(20)23(29)18-13-21(28)24(2)14-18/h3,5-6,9-10,18-20,22H,4,7-8,11-15H2,1-2H3/t18?,19-,20+,22-/m0/s1. The lowest BCUT2D eigenvalue weighted by Crippen LogP contribution is -2.51. The molecule has 1 unspecified atom stereocenters. The quantitative estimate of drug-likeness (QED) is 0.769. The van der Waals surface area contributed by atoms with Crippen LogP contribution in [0.4, 0.5) is 0 Å². The van der Waals surface area contributed by atoms with Gasteiger partial charge in [-0.3, -0.25) is 14.4 Å². The number of benzene rings is 1. The van der Waals surface area contributed by atoms with Crippen molar-refractivity contribution in [2.24, 2.45) is 5.92 Å². The highest BCUT2D eigenvalue weighted by Gasteiger charge is 2.49. The van der Waals surface area contributed by atoms with Gasteiger partial charge in [0.2, 0.25) is 17.7 Å². The van der Waals surface area contributed by atoms with Crippen molar-refractivity contribution in [3.8, 4) is 0 Å². The van der Waals surface area contributed by atoms with Crippen LogP contribution in [0.15, 0.2) is 30.3 Å². The minimum Gasteiger partial charge on any atom is -0.345 e. The molecule has 156 valence electrons. The van der Waals surface area contributed by atoms with Crippen LogP contribution in [-0.2, 0) is 14.4 Å². The number of carbonyl (C=O) groups excluding carboxylic acids is 3. The fourth-order valence-electron chi connectivity index (χ4n) is 5.51. The summed E-state index contributed by atoms with van der Waals surface area (Å²) < 4.78 is 0. The SMILES string of the molecule is CC(=O)N1CCCCC[C@@H]2[C@@H]1[C@H](c1ccccc1)CN2C(=O)C1CC(=O)N(C)C1. The van der Waals surface area contributed by atoms with Crippen molar-refractivity contribution in [3.63, 3.8) is 0 Å². The third-order valence-corrected chi connectivity index (χ3v) is 6.96. The molecular weight excluding hydrogens is 366 g/mol. The summed E-state index contributed by atoms with van der Waals surface area (Å²) in [6.07, 6.45) is 4.38. The molecule has 3 fully saturated rings. The predicted octanol–water partition coefficient (Wildman–Crippen LogP) is 2.25. The maximum absolute atomic E-state index is 13.5. The maximum atomic E-state index is 13.5. The molecule has 3 aliphatic heterocycles. The lowest BCUT2D eigenvalue weighted by molar-refractivity contribution is -0.139. The van der Waals surface area contributed by atoms with Gasteiger partial charge in [-0.25, -0.2) is 0 Å². The zero-order chi connectivity index (χ0) is 20.5. The summed E-state index contributed by atoms with van der Waals surface area (Å²) >= 11 is 0. The van der Waals surface area contributed by atoms with Crippen molar-refractivity contribution >= 4 is 17.7 Å². The Balaban J connectivity index is 1.68. The Bertz CT molecular complexity index is 781. The normalized spacial score (nSPS) is 30.1.